The summed E-state index contributed by atoms with van der Waals surface area (Å²) >= 11 is 0. The molecule has 1 aliphatic heterocycles. The van der Waals surface area contributed by atoms with Gasteiger partial charge in [-0.1, -0.05) is 29.4 Å². The van der Waals surface area contributed by atoms with Gasteiger partial charge in [-0.2, -0.15) is 0 Å². The van der Waals surface area contributed by atoms with Crippen molar-refractivity contribution in [3.8, 4) is 5.75 Å². The van der Waals surface area contributed by atoms with Gasteiger partial charge in [0.2, 0.25) is 5.90 Å². The highest BCUT2D eigenvalue weighted by Crippen LogP contribution is 2.35. The number of rotatable bonds is 11. The average Bonchev–Trinajstić information content (AvgIpc) is 3.27. The van der Waals surface area contributed by atoms with Crippen LogP contribution in [0.25, 0.3) is 10.4 Å². The number of benzene rings is 3. The molecule has 0 spiro atoms. The third kappa shape index (κ3) is 6.34. The van der Waals surface area contributed by atoms with E-state index in [9.17, 15) is 13.6 Å². The average molecular weight is 536 g/mol. The first kappa shape index (κ1) is 27.6. The van der Waals surface area contributed by atoms with Gasteiger partial charge in [-0.15, -0.1) is 0 Å². The molecule has 2 atom stereocenters. The lowest BCUT2D eigenvalue weighted by Gasteiger charge is -2.28. The van der Waals surface area contributed by atoms with Crippen molar-refractivity contribution < 1.29 is 28.2 Å². The number of hydrogen-bond acceptors (Lipinski definition) is 6. The quantitative estimate of drug-likeness (QED) is 0.153. The van der Waals surface area contributed by atoms with Gasteiger partial charge in [-0.25, -0.2) is 13.8 Å². The van der Waals surface area contributed by atoms with E-state index in [4.69, 9.17) is 25.1 Å². The van der Waals surface area contributed by atoms with Gasteiger partial charge in [-0.05, 0) is 60.5 Å². The zero-order valence-electron chi connectivity index (χ0n) is 21.2. The minimum Gasteiger partial charge on any atom is -0.494 e. The predicted molar refractivity (Wildman–Crippen MR) is 141 cm³/mol. The standard InChI is InChI=1S/C28H27F2N5O4/c1-18-28(16-20-5-2-3-6-25(20)34-35-31,27(37)32-17-21-15-22(29)9-12-24(21)30)33-26(39-18)19-7-10-23(11-8-19)38-14-4-13-36/h2-3,5-12,15,18,36H,4,13-14,16-17H2,1H3,(H,32,37)/t18-,28-/m1/s1. The second-order valence-corrected chi connectivity index (χ2v) is 8.96. The molecule has 1 heterocycles. The van der Waals surface area contributed by atoms with E-state index in [-0.39, 0.29) is 31.0 Å². The van der Waals surface area contributed by atoms with Crippen LogP contribution in [0, 0.1) is 11.6 Å². The molecule has 2 N–H and O–H groups in total. The number of carbonyl (C=O) groups excluding carboxylic acids is 1. The summed E-state index contributed by atoms with van der Waals surface area (Å²) in [5.74, 6) is -1.02. The summed E-state index contributed by atoms with van der Waals surface area (Å²) in [6, 6.07) is 16.8. The minimum atomic E-state index is -1.50. The predicted octanol–water partition coefficient (Wildman–Crippen LogP) is 5.13. The molecule has 4 rings (SSSR count). The van der Waals surface area contributed by atoms with Crippen molar-refractivity contribution in [2.45, 2.75) is 38.0 Å². The van der Waals surface area contributed by atoms with Crippen molar-refractivity contribution in [1.82, 2.24) is 5.32 Å². The number of carbonyl (C=O) groups is 1. The second-order valence-electron chi connectivity index (χ2n) is 8.96. The van der Waals surface area contributed by atoms with Gasteiger partial charge in [0.15, 0.2) is 5.54 Å². The smallest absolute Gasteiger partial charge is 0.252 e. The van der Waals surface area contributed by atoms with E-state index in [0.29, 0.717) is 35.6 Å². The minimum absolute atomic E-state index is 0.0134. The Labute approximate surface area is 223 Å². The fraction of sp³-hybridized carbons (Fsp3) is 0.286. The number of ether oxygens (including phenoxy) is 2. The van der Waals surface area contributed by atoms with Gasteiger partial charge in [0.05, 0.1) is 6.61 Å². The maximum Gasteiger partial charge on any atom is 0.252 e. The Morgan fingerprint density at radius 1 is 1.18 bits per heavy atom. The highest BCUT2D eigenvalue weighted by Gasteiger charge is 2.50. The molecule has 0 radical (unpaired) electrons. The summed E-state index contributed by atoms with van der Waals surface area (Å²) in [5.41, 5.74) is 9.00. The van der Waals surface area contributed by atoms with E-state index in [2.05, 4.69) is 15.3 Å². The van der Waals surface area contributed by atoms with Crippen LogP contribution < -0.4 is 10.1 Å². The van der Waals surface area contributed by atoms with Crippen molar-refractivity contribution in [2.24, 2.45) is 10.1 Å². The van der Waals surface area contributed by atoms with Crippen molar-refractivity contribution in [1.29, 1.82) is 0 Å². The SMILES string of the molecule is C[C@H]1OC(c2ccc(OCCCO)cc2)=N[C@@]1(Cc1ccccc1N=[N+]=[N-])C(=O)NCc1cc(F)ccc1F. The molecule has 0 saturated carbocycles. The number of hydrogen-bond donors (Lipinski definition) is 2. The number of azide groups is 1. The lowest BCUT2D eigenvalue weighted by molar-refractivity contribution is -0.128. The summed E-state index contributed by atoms with van der Waals surface area (Å²) < 4.78 is 39.6. The fourth-order valence-electron chi connectivity index (χ4n) is 4.25. The lowest BCUT2D eigenvalue weighted by atomic mass is 9.85. The highest BCUT2D eigenvalue weighted by atomic mass is 19.1. The van der Waals surface area contributed by atoms with Crippen molar-refractivity contribution in [3.05, 3.63) is 105 Å². The maximum atomic E-state index is 14.2. The van der Waals surface area contributed by atoms with Gasteiger partial charge < -0.3 is 19.9 Å². The summed E-state index contributed by atoms with van der Waals surface area (Å²) in [6.07, 6.45) is -0.236. The first-order valence-electron chi connectivity index (χ1n) is 12.3. The van der Waals surface area contributed by atoms with Gasteiger partial charge in [0.25, 0.3) is 5.91 Å². The third-order valence-corrected chi connectivity index (χ3v) is 6.38. The van der Waals surface area contributed by atoms with Gasteiger partial charge in [-0.3, -0.25) is 4.79 Å². The first-order chi connectivity index (χ1) is 18.9. The van der Waals surface area contributed by atoms with Gasteiger partial charge >= 0.3 is 0 Å². The van der Waals surface area contributed by atoms with E-state index in [0.717, 1.165) is 18.2 Å². The Bertz CT molecular complexity index is 1410. The van der Waals surface area contributed by atoms with Gasteiger partial charge in [0.1, 0.15) is 23.5 Å². The Kier molecular flexibility index (Phi) is 8.75. The molecule has 0 aromatic heterocycles. The molecule has 0 fully saturated rings. The molecule has 1 amide bonds. The van der Waals surface area contributed by atoms with E-state index in [1.807, 2.05) is 0 Å². The van der Waals surface area contributed by atoms with Crippen LogP contribution in [0.4, 0.5) is 14.5 Å². The molecule has 39 heavy (non-hydrogen) atoms. The molecule has 0 bridgehead atoms. The van der Waals surface area contributed by atoms with Crippen LogP contribution in [-0.4, -0.2) is 41.8 Å². The Balaban J connectivity index is 1.67. The molecule has 3 aromatic carbocycles. The van der Waals surface area contributed by atoms with Crippen LogP contribution >= 0.6 is 0 Å². The molecule has 11 heteroatoms. The Morgan fingerprint density at radius 2 is 1.95 bits per heavy atom. The monoisotopic (exact) mass is 535 g/mol. The van der Waals surface area contributed by atoms with Crippen molar-refractivity contribution in [3.63, 3.8) is 0 Å². The van der Waals surface area contributed by atoms with E-state index < -0.39 is 29.2 Å². The molecule has 9 nitrogen and oxygen atoms in total. The number of aliphatic hydroxyl groups excluding tert-OH is 1. The maximum absolute atomic E-state index is 14.2. The number of halogens is 2. The van der Waals surface area contributed by atoms with Crippen LogP contribution in [0.15, 0.2) is 76.8 Å². The number of nitrogens with one attached hydrogen (secondary N) is 1. The first-order valence-corrected chi connectivity index (χ1v) is 12.3. The van der Waals surface area contributed by atoms with Gasteiger partial charge in [0, 0.05) is 47.7 Å². The molecular formula is C28H27F2N5O4. The van der Waals surface area contributed by atoms with E-state index in [1.165, 1.54) is 0 Å². The molecule has 0 saturated heterocycles. The topological polar surface area (TPSA) is 129 Å². The van der Waals surface area contributed by atoms with Crippen LogP contribution in [0.2, 0.25) is 0 Å². The normalized spacial score (nSPS) is 18.1. The molecule has 1 aliphatic rings. The summed E-state index contributed by atoms with van der Waals surface area (Å²) in [5, 5.41) is 15.3. The van der Waals surface area contributed by atoms with E-state index >= 15 is 0 Å². The Hall–Kier alpha value is -4.47. The van der Waals surface area contributed by atoms with Crippen LogP contribution in [-0.2, 0) is 22.5 Å². The summed E-state index contributed by atoms with van der Waals surface area (Å²) in [7, 11) is 0. The highest BCUT2D eigenvalue weighted by molar-refractivity contribution is 6.01. The van der Waals surface area contributed by atoms with Crippen LogP contribution in [0.5, 0.6) is 5.75 Å². The largest absolute Gasteiger partial charge is 0.494 e. The molecular weight excluding hydrogens is 508 g/mol. The van der Waals surface area contributed by atoms with Crippen LogP contribution in [0.3, 0.4) is 0 Å². The zero-order chi connectivity index (χ0) is 27.8. The van der Waals surface area contributed by atoms with Crippen molar-refractivity contribution in [2.75, 3.05) is 13.2 Å². The van der Waals surface area contributed by atoms with Crippen LogP contribution in [0.1, 0.15) is 30.0 Å². The number of amides is 1. The molecule has 202 valence electrons. The summed E-state index contributed by atoms with van der Waals surface area (Å²) in [6.45, 7) is 1.82. The lowest BCUT2D eigenvalue weighted by Crippen LogP contribution is -2.52. The summed E-state index contributed by atoms with van der Waals surface area (Å²) in [4.78, 5) is 21.3. The Morgan fingerprint density at radius 3 is 2.69 bits per heavy atom. The fourth-order valence-corrected chi connectivity index (χ4v) is 4.25. The molecule has 0 aliphatic carbocycles. The van der Waals surface area contributed by atoms with E-state index in [1.54, 1.807) is 55.5 Å². The molecule has 3 aromatic rings. The zero-order valence-corrected chi connectivity index (χ0v) is 21.2. The number of aliphatic hydroxyl groups is 1. The third-order valence-electron chi connectivity index (χ3n) is 6.38. The van der Waals surface area contributed by atoms with Crippen molar-refractivity contribution >= 4 is 17.5 Å². The number of nitrogens with zero attached hydrogens (tertiary/aromatic N) is 4. The number of aliphatic imine (C=N–C) groups is 1. The molecule has 0 unspecified atom stereocenters. The second kappa shape index (κ2) is 12.4.